The van der Waals surface area contributed by atoms with E-state index in [-0.39, 0.29) is 23.3 Å². The van der Waals surface area contributed by atoms with Crippen LogP contribution in [0.1, 0.15) is 70.8 Å². The van der Waals surface area contributed by atoms with Gasteiger partial charge in [0, 0.05) is 25.8 Å². The van der Waals surface area contributed by atoms with Gasteiger partial charge in [-0.2, -0.15) is 0 Å². The van der Waals surface area contributed by atoms with Gasteiger partial charge in [0.15, 0.2) is 17.2 Å². The molecule has 0 unspecified atom stereocenters. The number of ether oxygens (including phenoxy) is 5. The molecule has 1 N–H and O–H groups in total. The summed E-state index contributed by atoms with van der Waals surface area (Å²) in [5, 5.41) is 2.59. The van der Waals surface area contributed by atoms with Crippen LogP contribution in [-0.4, -0.2) is 61.6 Å². The number of carbonyl (C=O) groups excluding carboxylic acids is 3. The van der Waals surface area contributed by atoms with E-state index >= 15 is 0 Å². The molecule has 1 saturated carbocycles. The summed E-state index contributed by atoms with van der Waals surface area (Å²) in [4.78, 5) is 40.8. The highest BCUT2D eigenvalue weighted by molar-refractivity contribution is 5.98. The second kappa shape index (κ2) is 13.9. The van der Waals surface area contributed by atoms with Crippen molar-refractivity contribution < 1.29 is 38.1 Å². The lowest BCUT2D eigenvalue weighted by atomic mass is 9.96. The number of aromatic nitrogens is 1. The number of nitrogens with one attached hydrogen (secondary N) is 1. The fourth-order valence-corrected chi connectivity index (χ4v) is 3.98. The van der Waals surface area contributed by atoms with Crippen molar-refractivity contribution in [2.45, 2.75) is 78.6 Å². The first kappa shape index (κ1) is 28.4. The number of methoxy groups -OCH3 is 1. The second-order valence-electron chi connectivity index (χ2n) is 9.16. The van der Waals surface area contributed by atoms with Crippen molar-refractivity contribution in [3.63, 3.8) is 0 Å². The summed E-state index contributed by atoms with van der Waals surface area (Å²) in [5.74, 6) is -0.854. The normalized spacial score (nSPS) is 16.3. The Balaban J connectivity index is 2.04. The zero-order valence-electron chi connectivity index (χ0n) is 21.5. The van der Waals surface area contributed by atoms with Crippen LogP contribution in [0.2, 0.25) is 0 Å². The molecule has 1 aromatic rings. The predicted molar refractivity (Wildman–Crippen MR) is 127 cm³/mol. The highest BCUT2D eigenvalue weighted by atomic mass is 16.7. The molecule has 1 amide bonds. The minimum Gasteiger partial charge on any atom is -0.493 e. The fourth-order valence-electron chi connectivity index (χ4n) is 3.98. The summed E-state index contributed by atoms with van der Waals surface area (Å²) in [6.45, 7) is 8.93. The number of rotatable bonds is 13. The Labute approximate surface area is 207 Å². The summed E-state index contributed by atoms with van der Waals surface area (Å²) in [6.07, 6.45) is 5.12. The highest BCUT2D eigenvalue weighted by Crippen LogP contribution is 2.32. The molecule has 0 spiro atoms. The lowest BCUT2D eigenvalue weighted by Crippen LogP contribution is -2.44. The molecule has 1 aromatic heterocycles. The Morgan fingerprint density at radius 3 is 2.43 bits per heavy atom. The van der Waals surface area contributed by atoms with E-state index in [2.05, 4.69) is 24.1 Å². The van der Waals surface area contributed by atoms with E-state index in [9.17, 15) is 14.4 Å². The molecular weight excluding hydrogens is 456 g/mol. The third-order valence-corrected chi connectivity index (χ3v) is 5.72. The van der Waals surface area contributed by atoms with Gasteiger partial charge in [-0.3, -0.25) is 9.59 Å². The summed E-state index contributed by atoms with van der Waals surface area (Å²) >= 11 is 0. The van der Waals surface area contributed by atoms with Crippen LogP contribution in [0.25, 0.3) is 0 Å². The number of hydrogen-bond donors (Lipinski definition) is 1. The number of hydrogen-bond acceptors (Lipinski definition) is 9. The van der Waals surface area contributed by atoms with Crippen molar-refractivity contribution in [2.75, 3.05) is 20.5 Å². The lowest BCUT2D eigenvalue weighted by Gasteiger charge is -2.30. The highest BCUT2D eigenvalue weighted by Gasteiger charge is 2.34. The number of nitrogens with zero attached hydrogens (tertiary/aromatic N) is 1. The van der Waals surface area contributed by atoms with Gasteiger partial charge in [0.2, 0.25) is 6.79 Å². The molecule has 1 fully saturated rings. The molecule has 196 valence electrons. The lowest BCUT2D eigenvalue weighted by molar-refractivity contribution is -0.161. The van der Waals surface area contributed by atoms with Gasteiger partial charge in [-0.25, -0.2) is 9.78 Å². The van der Waals surface area contributed by atoms with Gasteiger partial charge in [-0.1, -0.05) is 26.7 Å². The first-order valence-electron chi connectivity index (χ1n) is 12.1. The molecule has 1 aliphatic rings. The van der Waals surface area contributed by atoms with Gasteiger partial charge >= 0.3 is 11.9 Å². The maximum absolute atomic E-state index is 12.9. The van der Waals surface area contributed by atoms with Crippen molar-refractivity contribution in [3.8, 4) is 11.5 Å². The van der Waals surface area contributed by atoms with Crippen LogP contribution in [0, 0.1) is 11.8 Å². The molecule has 35 heavy (non-hydrogen) atoms. The average Bonchev–Trinajstić information content (AvgIpc) is 3.33. The molecule has 0 bridgehead atoms. The van der Waals surface area contributed by atoms with Crippen molar-refractivity contribution in [3.05, 3.63) is 18.0 Å². The molecule has 0 radical (unpaired) electrons. The first-order valence-corrected chi connectivity index (χ1v) is 12.1. The molecule has 1 aliphatic carbocycles. The molecule has 3 atom stereocenters. The minimum atomic E-state index is -0.950. The summed E-state index contributed by atoms with van der Waals surface area (Å²) in [7, 11) is 1.40. The number of carbonyl (C=O) groups is 3. The van der Waals surface area contributed by atoms with Gasteiger partial charge in [0.1, 0.15) is 12.1 Å². The molecule has 1 heterocycles. The van der Waals surface area contributed by atoms with Crippen LogP contribution >= 0.6 is 0 Å². The van der Waals surface area contributed by atoms with Crippen LogP contribution < -0.4 is 14.8 Å². The number of amides is 1. The Kier molecular flexibility index (Phi) is 11.2. The van der Waals surface area contributed by atoms with Gasteiger partial charge in [0.25, 0.3) is 5.91 Å². The SMILES string of the molecule is COc1ccnc(C(=O)N[C@@H](C)C(=O)O[C@@H](C)[C@H](OCC(C)C)C2CCCC2)c1OCOC(C)=O. The number of esters is 2. The predicted octanol–water partition coefficient (Wildman–Crippen LogP) is 3.27. The monoisotopic (exact) mass is 494 g/mol. The van der Waals surface area contributed by atoms with Crippen molar-refractivity contribution in [2.24, 2.45) is 11.8 Å². The summed E-state index contributed by atoms with van der Waals surface area (Å²) < 4.78 is 27.3. The van der Waals surface area contributed by atoms with Gasteiger partial charge in [-0.15, -0.1) is 0 Å². The summed E-state index contributed by atoms with van der Waals surface area (Å²) in [6, 6.07) is 0.549. The quantitative estimate of drug-likeness (QED) is 0.325. The second-order valence-corrected chi connectivity index (χ2v) is 9.16. The number of pyridine rings is 1. The van der Waals surface area contributed by atoms with E-state index in [0.29, 0.717) is 18.4 Å². The van der Waals surface area contributed by atoms with Crippen LogP contribution in [0.15, 0.2) is 12.3 Å². The zero-order valence-corrected chi connectivity index (χ0v) is 21.5. The van der Waals surface area contributed by atoms with Gasteiger partial charge < -0.3 is 29.0 Å². The van der Waals surface area contributed by atoms with E-state index in [0.717, 1.165) is 25.7 Å². The summed E-state index contributed by atoms with van der Waals surface area (Å²) in [5.41, 5.74) is -0.117. The molecule has 0 aromatic carbocycles. The molecule has 10 heteroatoms. The smallest absolute Gasteiger partial charge is 0.328 e. The first-order chi connectivity index (χ1) is 16.6. The van der Waals surface area contributed by atoms with Gasteiger partial charge in [-0.05, 0) is 38.5 Å². The molecular formula is C25H38N2O8. The van der Waals surface area contributed by atoms with Gasteiger partial charge in [0.05, 0.1) is 13.2 Å². The van der Waals surface area contributed by atoms with E-state index in [1.165, 1.54) is 33.2 Å². The maximum Gasteiger partial charge on any atom is 0.328 e. The van der Waals surface area contributed by atoms with Crippen LogP contribution in [0.4, 0.5) is 0 Å². The average molecular weight is 495 g/mol. The maximum atomic E-state index is 12.9. The van der Waals surface area contributed by atoms with Crippen molar-refractivity contribution in [1.82, 2.24) is 10.3 Å². The Hall–Kier alpha value is -2.88. The minimum absolute atomic E-state index is 0.00827. The van der Waals surface area contributed by atoms with E-state index in [1.807, 2.05) is 6.92 Å². The molecule has 2 rings (SSSR count). The third-order valence-electron chi connectivity index (χ3n) is 5.72. The van der Waals surface area contributed by atoms with Crippen molar-refractivity contribution in [1.29, 1.82) is 0 Å². The van der Waals surface area contributed by atoms with Crippen LogP contribution in [0.3, 0.4) is 0 Å². The fraction of sp³-hybridized carbons (Fsp3) is 0.680. The van der Waals surface area contributed by atoms with E-state index in [1.54, 1.807) is 0 Å². The largest absolute Gasteiger partial charge is 0.493 e. The standard InChI is InChI=1S/C25H38N2O8/c1-15(2)13-32-22(19-9-7-8-10-19)17(4)35-25(30)16(3)27-24(29)21-23(34-14-33-18(5)28)20(31-6)11-12-26-21/h11-12,15-17,19,22H,7-10,13-14H2,1-6H3,(H,27,29)/t16-,17-,22-/m0/s1. The molecule has 10 nitrogen and oxygen atoms in total. The Morgan fingerprint density at radius 1 is 1.14 bits per heavy atom. The van der Waals surface area contributed by atoms with Crippen LogP contribution in [0.5, 0.6) is 11.5 Å². The Bertz CT molecular complexity index is 854. The van der Waals surface area contributed by atoms with Crippen LogP contribution in [-0.2, 0) is 23.8 Å². The van der Waals surface area contributed by atoms with E-state index < -0.39 is 36.8 Å². The van der Waals surface area contributed by atoms with E-state index in [4.69, 9.17) is 23.7 Å². The Morgan fingerprint density at radius 2 is 1.83 bits per heavy atom. The third kappa shape index (κ3) is 8.69. The topological polar surface area (TPSA) is 122 Å². The molecule has 0 saturated heterocycles. The molecule has 0 aliphatic heterocycles. The zero-order chi connectivity index (χ0) is 26.0. The van der Waals surface area contributed by atoms with Crippen molar-refractivity contribution >= 4 is 17.8 Å².